The maximum Gasteiger partial charge on any atom is 0.326 e. The third-order valence-corrected chi connectivity index (χ3v) is 5.69. The van der Waals surface area contributed by atoms with Crippen molar-refractivity contribution in [1.29, 1.82) is 0 Å². The van der Waals surface area contributed by atoms with Crippen LogP contribution in [0.1, 0.15) is 33.1 Å². The summed E-state index contributed by atoms with van der Waals surface area (Å²) in [6.07, 6.45) is 0.985. The van der Waals surface area contributed by atoms with Gasteiger partial charge in [-0.2, -0.15) is 0 Å². The van der Waals surface area contributed by atoms with Crippen LogP contribution in [0, 0.1) is 17.7 Å². The van der Waals surface area contributed by atoms with Crippen molar-refractivity contribution in [3.8, 4) is 0 Å². The van der Waals surface area contributed by atoms with Crippen LogP contribution >= 0.6 is 0 Å². The number of hydrogen-bond acceptors (Lipinski definition) is 4. The molecule has 9 heteroatoms. The monoisotopic (exact) mass is 419 g/mol. The van der Waals surface area contributed by atoms with Gasteiger partial charge in [0.15, 0.2) is 0 Å². The number of amides is 3. The lowest BCUT2D eigenvalue weighted by Crippen LogP contribution is -2.54. The Morgan fingerprint density at radius 2 is 1.87 bits per heavy atom. The smallest absolute Gasteiger partial charge is 0.326 e. The summed E-state index contributed by atoms with van der Waals surface area (Å²) >= 11 is 0. The number of halogens is 1. The van der Waals surface area contributed by atoms with Gasteiger partial charge in [0.1, 0.15) is 17.9 Å². The molecule has 2 aliphatic rings. The van der Waals surface area contributed by atoms with Gasteiger partial charge in [0.25, 0.3) is 0 Å². The Labute approximate surface area is 174 Å². The number of aliphatic carboxylic acids is 1. The minimum Gasteiger partial charge on any atom is -0.480 e. The number of nitrogens with zero attached hydrogens (tertiary/aromatic N) is 2. The molecule has 2 N–H and O–H groups in total. The first-order valence-corrected chi connectivity index (χ1v) is 10.1. The molecular weight excluding hydrogens is 393 g/mol. The number of rotatable bonds is 6. The molecule has 8 nitrogen and oxygen atoms in total. The zero-order chi connectivity index (χ0) is 22.0. The third kappa shape index (κ3) is 4.44. The van der Waals surface area contributed by atoms with Crippen molar-refractivity contribution in [2.24, 2.45) is 11.8 Å². The van der Waals surface area contributed by atoms with Crippen LogP contribution in [0.15, 0.2) is 24.3 Å². The quantitative estimate of drug-likeness (QED) is 0.725. The number of carboxylic acid groups (broad SMARTS) is 1. The molecule has 1 aromatic carbocycles. The van der Waals surface area contributed by atoms with Crippen molar-refractivity contribution in [3.63, 3.8) is 0 Å². The summed E-state index contributed by atoms with van der Waals surface area (Å²) in [4.78, 5) is 52.3. The Hall–Kier alpha value is -2.97. The van der Waals surface area contributed by atoms with Crippen molar-refractivity contribution in [3.05, 3.63) is 30.1 Å². The van der Waals surface area contributed by atoms with Gasteiger partial charge in [-0.3, -0.25) is 14.4 Å². The van der Waals surface area contributed by atoms with Gasteiger partial charge in [-0.25, -0.2) is 9.18 Å². The molecule has 3 atom stereocenters. The minimum absolute atomic E-state index is 0.0102. The number of carbonyl (C=O) groups excluding carboxylic acids is 3. The van der Waals surface area contributed by atoms with Crippen LogP contribution in [0.4, 0.5) is 10.1 Å². The first-order chi connectivity index (χ1) is 14.2. The van der Waals surface area contributed by atoms with Crippen LogP contribution in [0.5, 0.6) is 0 Å². The minimum atomic E-state index is -1.05. The fraction of sp³-hybridized carbons (Fsp3) is 0.524. The second kappa shape index (κ2) is 8.81. The van der Waals surface area contributed by atoms with Crippen molar-refractivity contribution in [1.82, 2.24) is 10.2 Å². The fourth-order valence-corrected chi connectivity index (χ4v) is 4.00. The van der Waals surface area contributed by atoms with E-state index in [-0.39, 0.29) is 24.8 Å². The van der Waals surface area contributed by atoms with Gasteiger partial charge >= 0.3 is 5.97 Å². The van der Waals surface area contributed by atoms with E-state index < -0.39 is 41.6 Å². The number of carboxylic acids is 1. The molecule has 3 rings (SSSR count). The highest BCUT2D eigenvalue weighted by atomic mass is 19.1. The van der Waals surface area contributed by atoms with E-state index in [1.165, 1.54) is 34.1 Å². The number of anilines is 1. The van der Waals surface area contributed by atoms with Crippen LogP contribution in [-0.2, 0) is 19.2 Å². The molecule has 2 saturated heterocycles. The highest BCUT2D eigenvalue weighted by Gasteiger charge is 2.41. The fourth-order valence-electron chi connectivity index (χ4n) is 4.00. The zero-order valence-corrected chi connectivity index (χ0v) is 17.0. The molecule has 0 bridgehead atoms. The highest BCUT2D eigenvalue weighted by molar-refractivity contribution is 6.01. The van der Waals surface area contributed by atoms with E-state index in [0.29, 0.717) is 25.1 Å². The lowest BCUT2D eigenvalue weighted by atomic mass is 10.00. The Morgan fingerprint density at radius 3 is 2.47 bits per heavy atom. The summed E-state index contributed by atoms with van der Waals surface area (Å²) in [6, 6.07) is 3.71. The third-order valence-electron chi connectivity index (χ3n) is 5.69. The summed E-state index contributed by atoms with van der Waals surface area (Å²) in [6.45, 7) is 4.03. The summed E-state index contributed by atoms with van der Waals surface area (Å²) in [5.41, 5.74) is 0.509. The summed E-state index contributed by atoms with van der Waals surface area (Å²) in [7, 11) is 0. The Morgan fingerprint density at radius 1 is 1.20 bits per heavy atom. The van der Waals surface area contributed by atoms with E-state index in [0.717, 1.165) is 0 Å². The lowest BCUT2D eigenvalue weighted by molar-refractivity contribution is -0.150. The van der Waals surface area contributed by atoms with E-state index in [4.69, 9.17) is 0 Å². The average molecular weight is 419 g/mol. The predicted octanol–water partition coefficient (Wildman–Crippen LogP) is 1.39. The molecule has 162 valence electrons. The lowest BCUT2D eigenvalue weighted by Gasteiger charge is -2.30. The summed E-state index contributed by atoms with van der Waals surface area (Å²) in [5.74, 6) is -3.45. The number of carbonyl (C=O) groups is 4. The van der Waals surface area contributed by atoms with Crippen LogP contribution < -0.4 is 10.2 Å². The first-order valence-electron chi connectivity index (χ1n) is 10.1. The van der Waals surface area contributed by atoms with E-state index in [1.807, 2.05) is 0 Å². The molecule has 2 heterocycles. The van der Waals surface area contributed by atoms with Crippen LogP contribution in [0.3, 0.4) is 0 Å². The van der Waals surface area contributed by atoms with Crippen molar-refractivity contribution in [2.75, 3.05) is 18.0 Å². The number of nitrogens with one attached hydrogen (secondary N) is 1. The van der Waals surface area contributed by atoms with E-state index in [2.05, 4.69) is 5.32 Å². The largest absolute Gasteiger partial charge is 0.480 e. The van der Waals surface area contributed by atoms with Crippen molar-refractivity contribution < 1.29 is 28.7 Å². The molecule has 2 fully saturated rings. The van der Waals surface area contributed by atoms with Crippen LogP contribution in [0.25, 0.3) is 0 Å². The van der Waals surface area contributed by atoms with E-state index >= 15 is 0 Å². The Kier molecular flexibility index (Phi) is 6.38. The topological polar surface area (TPSA) is 107 Å². The molecule has 0 unspecified atom stereocenters. The van der Waals surface area contributed by atoms with Gasteiger partial charge in [0, 0.05) is 25.2 Å². The maximum absolute atomic E-state index is 13.1. The molecule has 0 saturated carbocycles. The first kappa shape index (κ1) is 21.7. The molecule has 2 aliphatic heterocycles. The molecule has 1 aromatic rings. The number of likely N-dealkylation sites (tertiary alicyclic amines) is 1. The average Bonchev–Trinajstić information content (AvgIpc) is 3.33. The van der Waals surface area contributed by atoms with Crippen molar-refractivity contribution in [2.45, 2.75) is 45.2 Å². The molecule has 0 radical (unpaired) electrons. The van der Waals surface area contributed by atoms with Gasteiger partial charge in [0.2, 0.25) is 17.7 Å². The molecule has 0 spiro atoms. The second-order valence-electron chi connectivity index (χ2n) is 8.14. The normalized spacial score (nSPS) is 22.5. The highest BCUT2D eigenvalue weighted by Crippen LogP contribution is 2.26. The number of hydrogen-bond donors (Lipinski definition) is 2. The molecular formula is C21H26FN3O5. The SMILES string of the molecule is CC(C)[C@H](NC(=O)[C@H]1CC(=O)N(c2ccc(F)cc2)C1)C(=O)N1CCC[C@H]1C(=O)O. The summed E-state index contributed by atoms with van der Waals surface area (Å²) < 4.78 is 13.1. The zero-order valence-electron chi connectivity index (χ0n) is 17.0. The molecule has 0 aromatic heterocycles. The maximum atomic E-state index is 13.1. The van der Waals surface area contributed by atoms with Gasteiger partial charge < -0.3 is 20.2 Å². The van der Waals surface area contributed by atoms with Crippen molar-refractivity contribution >= 4 is 29.4 Å². The molecule has 30 heavy (non-hydrogen) atoms. The van der Waals surface area contributed by atoms with Crippen LogP contribution in [-0.4, -0.2) is 58.9 Å². The van der Waals surface area contributed by atoms with E-state index in [9.17, 15) is 28.7 Å². The van der Waals surface area contributed by atoms with E-state index in [1.54, 1.807) is 13.8 Å². The standard InChI is InChI=1S/C21H26FN3O5/c1-12(2)18(20(28)24-9-3-4-16(24)21(29)30)23-19(27)13-10-17(26)25(11-13)15-7-5-14(22)6-8-15/h5-8,12-13,16,18H,3-4,9-11H2,1-2H3,(H,23,27)(H,29,30)/t13-,16-,18-/m0/s1. The molecule has 0 aliphatic carbocycles. The van der Waals surface area contributed by atoms with Gasteiger partial charge in [-0.15, -0.1) is 0 Å². The van der Waals surface area contributed by atoms with Crippen LogP contribution in [0.2, 0.25) is 0 Å². The van der Waals surface area contributed by atoms with Gasteiger partial charge in [0.05, 0.1) is 5.92 Å². The van der Waals surface area contributed by atoms with Gasteiger partial charge in [-0.05, 0) is 43.0 Å². The molecule has 3 amide bonds. The van der Waals surface area contributed by atoms with Gasteiger partial charge in [-0.1, -0.05) is 13.8 Å². The Bertz CT molecular complexity index is 842. The summed E-state index contributed by atoms with van der Waals surface area (Å²) in [5, 5.41) is 12.1. The Balaban J connectivity index is 1.68. The number of benzene rings is 1. The second-order valence-corrected chi connectivity index (χ2v) is 8.14. The predicted molar refractivity (Wildman–Crippen MR) is 106 cm³/mol.